The maximum absolute atomic E-state index is 12.5. The van der Waals surface area contributed by atoms with Crippen molar-refractivity contribution >= 4 is 50.6 Å². The predicted molar refractivity (Wildman–Crippen MR) is 124 cm³/mol. The largest absolute Gasteiger partial charge is 0.345 e. The summed E-state index contributed by atoms with van der Waals surface area (Å²) in [4.78, 5) is 14.7. The lowest BCUT2D eigenvalue weighted by Crippen LogP contribution is -2.30. The molecule has 0 spiro atoms. The Morgan fingerprint density at radius 2 is 2.13 bits per heavy atom. The third-order valence-electron chi connectivity index (χ3n) is 4.96. The number of nitrogens with two attached hydrogens (primary N) is 1. The Hall–Kier alpha value is -1.87. The minimum atomic E-state index is -3.56. The summed E-state index contributed by atoms with van der Waals surface area (Å²) in [6, 6.07) is 7.16. The lowest BCUT2D eigenvalue weighted by atomic mass is 10.1. The van der Waals surface area contributed by atoms with Crippen molar-refractivity contribution in [2.75, 3.05) is 24.1 Å². The number of hydrogen-bond acceptors (Lipinski definition) is 5. The molecule has 1 aromatic heterocycles. The van der Waals surface area contributed by atoms with Gasteiger partial charge in [0, 0.05) is 42.4 Å². The molecule has 1 aliphatic carbocycles. The second kappa shape index (κ2) is 9.96. The summed E-state index contributed by atoms with van der Waals surface area (Å²) in [5.41, 5.74) is 7.90. The Bertz CT molecular complexity index is 1030. The summed E-state index contributed by atoms with van der Waals surface area (Å²) < 4.78 is 27.7. The molecule has 3 N–H and O–H groups in total. The Kier molecular flexibility index (Phi) is 7.57. The molecular weight excluding hydrogens is 442 g/mol. The summed E-state index contributed by atoms with van der Waals surface area (Å²) in [7, 11) is -1.76. The molecule has 0 saturated heterocycles. The van der Waals surface area contributed by atoms with Crippen LogP contribution in [-0.4, -0.2) is 38.6 Å². The fourth-order valence-corrected chi connectivity index (χ4v) is 5.21. The molecule has 1 saturated carbocycles. The van der Waals surface area contributed by atoms with Gasteiger partial charge < -0.3 is 10.6 Å². The normalized spacial score (nSPS) is 14.2. The average Bonchev–Trinajstić information content (AvgIpc) is 3.46. The van der Waals surface area contributed by atoms with Crippen LogP contribution >= 0.6 is 22.9 Å². The quantitative estimate of drug-likeness (QED) is 0.556. The van der Waals surface area contributed by atoms with E-state index in [0.29, 0.717) is 23.7 Å². The zero-order valence-corrected chi connectivity index (χ0v) is 19.2. The Balaban J connectivity index is 1.59. The molecule has 1 aromatic carbocycles. The van der Waals surface area contributed by atoms with Crippen LogP contribution in [0.5, 0.6) is 0 Å². The summed E-state index contributed by atoms with van der Waals surface area (Å²) in [5, 5.41) is 2.42. The molecule has 1 heterocycles. The number of nitrogens with zero attached hydrogens (tertiary/aromatic N) is 1. The van der Waals surface area contributed by atoms with E-state index in [0.717, 1.165) is 28.8 Å². The molecule has 3 rings (SSSR count). The standard InChI is InChI=1S/C21H26ClN3O3S2/c1-25(21(26)16-7-8-16)11-9-20-19(10-12-29-20)24-30(27,28)13-3-5-15-4-2-6-18(22)17(15)14-23/h2-6,10,12,16,24H,7-9,11,13-14,23H2,1H3. The number of hydrogen-bond donors (Lipinski definition) is 2. The highest BCUT2D eigenvalue weighted by atomic mass is 35.5. The average molecular weight is 468 g/mol. The van der Waals surface area contributed by atoms with Crippen molar-refractivity contribution in [2.45, 2.75) is 25.8 Å². The van der Waals surface area contributed by atoms with Gasteiger partial charge in [0.15, 0.2) is 0 Å². The molecule has 0 atom stereocenters. The molecule has 0 unspecified atom stereocenters. The number of carbonyl (C=O) groups is 1. The minimum absolute atomic E-state index is 0.168. The molecule has 30 heavy (non-hydrogen) atoms. The number of nitrogens with one attached hydrogen (secondary N) is 1. The van der Waals surface area contributed by atoms with E-state index in [2.05, 4.69) is 4.72 Å². The van der Waals surface area contributed by atoms with Crippen LogP contribution in [0.15, 0.2) is 35.7 Å². The third-order valence-corrected chi connectivity index (χ3v) is 7.46. The molecule has 6 nitrogen and oxygen atoms in total. The number of benzene rings is 1. The summed E-state index contributed by atoms with van der Waals surface area (Å²) >= 11 is 7.62. The van der Waals surface area contributed by atoms with Gasteiger partial charge in [0.05, 0.1) is 11.4 Å². The van der Waals surface area contributed by atoms with Gasteiger partial charge in [0.1, 0.15) is 0 Å². The van der Waals surface area contributed by atoms with E-state index in [-0.39, 0.29) is 24.1 Å². The highest BCUT2D eigenvalue weighted by Crippen LogP contribution is 2.31. The van der Waals surface area contributed by atoms with Gasteiger partial charge in [0.2, 0.25) is 15.9 Å². The van der Waals surface area contributed by atoms with Gasteiger partial charge in [-0.25, -0.2) is 8.42 Å². The van der Waals surface area contributed by atoms with Crippen molar-refractivity contribution in [3.8, 4) is 0 Å². The van der Waals surface area contributed by atoms with Crippen molar-refractivity contribution in [1.29, 1.82) is 0 Å². The Morgan fingerprint density at radius 3 is 2.83 bits per heavy atom. The van der Waals surface area contributed by atoms with E-state index in [4.69, 9.17) is 17.3 Å². The van der Waals surface area contributed by atoms with Gasteiger partial charge >= 0.3 is 0 Å². The SMILES string of the molecule is CN(CCc1sccc1NS(=O)(=O)CC=Cc1cccc(Cl)c1CN)C(=O)C1CC1. The highest BCUT2D eigenvalue weighted by molar-refractivity contribution is 7.92. The van der Waals surface area contributed by atoms with Crippen molar-refractivity contribution in [3.05, 3.63) is 56.7 Å². The maximum atomic E-state index is 12.5. The third kappa shape index (κ3) is 6.07. The number of likely N-dealkylation sites (N-methyl/N-ethyl adjacent to an activating group) is 1. The number of rotatable bonds is 10. The second-order valence-electron chi connectivity index (χ2n) is 7.34. The molecule has 1 aliphatic rings. The van der Waals surface area contributed by atoms with Gasteiger partial charge in [0.25, 0.3) is 0 Å². The van der Waals surface area contributed by atoms with Gasteiger partial charge in [-0.3, -0.25) is 9.52 Å². The number of halogens is 1. The molecule has 162 valence electrons. The van der Waals surface area contributed by atoms with Crippen LogP contribution in [-0.2, 0) is 27.8 Å². The van der Waals surface area contributed by atoms with Gasteiger partial charge in [-0.05, 0) is 41.5 Å². The number of thiophene rings is 1. The lowest BCUT2D eigenvalue weighted by Gasteiger charge is -2.17. The number of carbonyl (C=O) groups excluding carboxylic acids is 1. The zero-order valence-electron chi connectivity index (χ0n) is 16.8. The molecule has 1 amide bonds. The van der Waals surface area contributed by atoms with Crippen LogP contribution in [0, 0.1) is 5.92 Å². The summed E-state index contributed by atoms with van der Waals surface area (Å²) in [6.45, 7) is 0.849. The molecule has 1 fully saturated rings. The zero-order chi connectivity index (χ0) is 21.7. The second-order valence-corrected chi connectivity index (χ2v) is 10.5. The Morgan fingerprint density at radius 1 is 1.37 bits per heavy atom. The van der Waals surface area contributed by atoms with E-state index in [1.54, 1.807) is 42.3 Å². The van der Waals surface area contributed by atoms with Crippen LogP contribution in [0.1, 0.15) is 28.8 Å². The smallest absolute Gasteiger partial charge is 0.236 e. The van der Waals surface area contributed by atoms with Gasteiger partial charge in [-0.2, -0.15) is 0 Å². The van der Waals surface area contributed by atoms with Crippen molar-refractivity contribution in [3.63, 3.8) is 0 Å². The first-order chi connectivity index (χ1) is 14.3. The first-order valence-electron chi connectivity index (χ1n) is 9.76. The summed E-state index contributed by atoms with van der Waals surface area (Å²) in [5.74, 6) is 0.192. The van der Waals surface area contributed by atoms with Crippen LogP contribution in [0.3, 0.4) is 0 Å². The van der Waals surface area contributed by atoms with Crippen LogP contribution in [0.4, 0.5) is 5.69 Å². The van der Waals surface area contributed by atoms with E-state index in [1.807, 2.05) is 11.4 Å². The van der Waals surface area contributed by atoms with Crippen molar-refractivity contribution < 1.29 is 13.2 Å². The van der Waals surface area contributed by atoms with E-state index in [1.165, 1.54) is 11.3 Å². The molecule has 2 aromatic rings. The van der Waals surface area contributed by atoms with E-state index < -0.39 is 10.0 Å². The number of anilines is 1. The summed E-state index contributed by atoms with van der Waals surface area (Å²) in [6.07, 6.45) is 5.87. The molecule has 0 bridgehead atoms. The van der Waals surface area contributed by atoms with Crippen LogP contribution < -0.4 is 10.5 Å². The van der Waals surface area contributed by atoms with Crippen LogP contribution in [0.25, 0.3) is 6.08 Å². The Labute approximate surface area is 186 Å². The minimum Gasteiger partial charge on any atom is -0.345 e. The monoisotopic (exact) mass is 467 g/mol. The number of sulfonamides is 1. The van der Waals surface area contributed by atoms with E-state index >= 15 is 0 Å². The van der Waals surface area contributed by atoms with Gasteiger partial charge in [-0.15, -0.1) is 11.3 Å². The first-order valence-corrected chi connectivity index (χ1v) is 12.7. The fraction of sp³-hybridized carbons (Fsp3) is 0.381. The van der Waals surface area contributed by atoms with Crippen molar-refractivity contribution in [1.82, 2.24) is 4.90 Å². The predicted octanol–water partition coefficient (Wildman–Crippen LogP) is 3.73. The fourth-order valence-electron chi connectivity index (χ4n) is 3.10. The molecular formula is C21H26ClN3O3S2. The molecule has 9 heteroatoms. The maximum Gasteiger partial charge on any atom is 0.236 e. The molecule has 0 aliphatic heterocycles. The lowest BCUT2D eigenvalue weighted by molar-refractivity contribution is -0.131. The topological polar surface area (TPSA) is 92.5 Å². The first kappa shape index (κ1) is 22.8. The number of amides is 1. The van der Waals surface area contributed by atoms with Gasteiger partial charge in [-0.1, -0.05) is 35.9 Å². The van der Waals surface area contributed by atoms with Crippen molar-refractivity contribution in [2.24, 2.45) is 11.7 Å². The highest BCUT2D eigenvalue weighted by Gasteiger charge is 2.31. The van der Waals surface area contributed by atoms with Crippen LogP contribution in [0.2, 0.25) is 5.02 Å². The molecule has 0 radical (unpaired) electrons. The van der Waals surface area contributed by atoms with E-state index in [9.17, 15) is 13.2 Å².